The van der Waals surface area contributed by atoms with Gasteiger partial charge in [0.15, 0.2) is 0 Å². The molecule has 4 rings (SSSR count). The third kappa shape index (κ3) is 4.06. The Morgan fingerprint density at radius 3 is 2.56 bits per heavy atom. The van der Waals surface area contributed by atoms with Gasteiger partial charge in [-0.3, -0.25) is 14.5 Å². The predicted molar refractivity (Wildman–Crippen MR) is 98.7 cm³/mol. The van der Waals surface area contributed by atoms with Crippen molar-refractivity contribution in [3.8, 4) is 0 Å². The van der Waals surface area contributed by atoms with Crippen LogP contribution >= 0.6 is 11.3 Å². The summed E-state index contributed by atoms with van der Waals surface area (Å²) in [6, 6.07) is 2.88. The highest BCUT2D eigenvalue weighted by molar-refractivity contribution is 7.08. The smallest absolute Gasteiger partial charge is 0.254 e. The van der Waals surface area contributed by atoms with Crippen LogP contribution in [0.2, 0.25) is 0 Å². The Kier molecular flexibility index (Phi) is 5.08. The number of likely N-dealkylation sites (tertiary alicyclic amines) is 2. The first-order valence-corrected chi connectivity index (χ1v) is 10.5. The van der Waals surface area contributed by atoms with Crippen molar-refractivity contribution >= 4 is 23.2 Å². The molecule has 0 spiro atoms. The Hall–Kier alpha value is -1.40. The predicted octanol–water partition coefficient (Wildman–Crippen LogP) is 2.34. The molecule has 6 heteroatoms. The van der Waals surface area contributed by atoms with Crippen LogP contribution in [-0.4, -0.2) is 59.9 Å². The zero-order valence-corrected chi connectivity index (χ0v) is 15.5. The van der Waals surface area contributed by atoms with Gasteiger partial charge in [-0.15, -0.1) is 0 Å². The maximum atomic E-state index is 12.5. The van der Waals surface area contributed by atoms with Crippen molar-refractivity contribution in [3.63, 3.8) is 0 Å². The van der Waals surface area contributed by atoms with Gasteiger partial charge in [0.1, 0.15) is 0 Å². The Labute approximate surface area is 153 Å². The Balaban J connectivity index is 1.28. The monoisotopic (exact) mass is 361 g/mol. The molecule has 1 atom stereocenters. The van der Waals surface area contributed by atoms with E-state index in [2.05, 4.69) is 10.2 Å². The Morgan fingerprint density at radius 1 is 1.08 bits per heavy atom. The van der Waals surface area contributed by atoms with E-state index in [4.69, 9.17) is 0 Å². The van der Waals surface area contributed by atoms with E-state index in [1.54, 1.807) is 11.3 Å². The molecule has 3 heterocycles. The SMILES string of the molecule is O=C(NC1CC1)[C@@H]1CCCN(C2CCN(C(=O)c3ccsc3)CC2)C1. The third-order valence-corrected chi connectivity index (χ3v) is 6.47. The molecular formula is C19H27N3O2S. The van der Waals surface area contributed by atoms with E-state index < -0.39 is 0 Å². The molecule has 25 heavy (non-hydrogen) atoms. The second kappa shape index (κ2) is 7.46. The zero-order valence-electron chi connectivity index (χ0n) is 14.7. The lowest BCUT2D eigenvalue weighted by Gasteiger charge is -2.42. The third-order valence-electron chi connectivity index (χ3n) is 5.78. The number of hydrogen-bond acceptors (Lipinski definition) is 4. The van der Waals surface area contributed by atoms with Gasteiger partial charge in [0.05, 0.1) is 11.5 Å². The van der Waals surface area contributed by atoms with E-state index in [0.29, 0.717) is 12.1 Å². The zero-order chi connectivity index (χ0) is 17.2. The van der Waals surface area contributed by atoms with Gasteiger partial charge in [0.25, 0.3) is 5.91 Å². The van der Waals surface area contributed by atoms with Gasteiger partial charge in [0.2, 0.25) is 5.91 Å². The molecule has 0 aromatic carbocycles. The van der Waals surface area contributed by atoms with Crippen LogP contribution in [0.4, 0.5) is 0 Å². The molecule has 0 unspecified atom stereocenters. The molecule has 2 saturated heterocycles. The molecule has 1 aliphatic carbocycles. The van der Waals surface area contributed by atoms with Crippen LogP contribution in [-0.2, 0) is 4.79 Å². The van der Waals surface area contributed by atoms with Crippen molar-refractivity contribution in [2.45, 2.75) is 50.6 Å². The average Bonchev–Trinajstić information content (AvgIpc) is 3.30. The summed E-state index contributed by atoms with van der Waals surface area (Å²) in [5, 5.41) is 7.06. The highest BCUT2D eigenvalue weighted by atomic mass is 32.1. The summed E-state index contributed by atoms with van der Waals surface area (Å²) in [6.45, 7) is 3.64. The van der Waals surface area contributed by atoms with Crippen molar-refractivity contribution < 1.29 is 9.59 Å². The summed E-state index contributed by atoms with van der Waals surface area (Å²) < 4.78 is 0. The maximum Gasteiger partial charge on any atom is 0.254 e. The fourth-order valence-electron chi connectivity index (χ4n) is 4.10. The summed E-state index contributed by atoms with van der Waals surface area (Å²) in [5.74, 6) is 0.581. The van der Waals surface area contributed by atoms with Crippen molar-refractivity contribution in [3.05, 3.63) is 22.4 Å². The van der Waals surface area contributed by atoms with Gasteiger partial charge in [-0.2, -0.15) is 11.3 Å². The summed E-state index contributed by atoms with van der Waals surface area (Å²) in [5.41, 5.74) is 0.818. The van der Waals surface area contributed by atoms with Gasteiger partial charge in [-0.05, 0) is 56.5 Å². The molecular weight excluding hydrogens is 334 g/mol. The lowest BCUT2D eigenvalue weighted by atomic mass is 9.93. The molecule has 1 aromatic rings. The molecule has 2 aliphatic heterocycles. The van der Waals surface area contributed by atoms with Crippen LogP contribution in [0.15, 0.2) is 16.8 Å². The van der Waals surface area contributed by atoms with Crippen LogP contribution in [0.1, 0.15) is 48.9 Å². The first-order chi connectivity index (χ1) is 12.2. The second-order valence-corrected chi connectivity index (χ2v) is 8.43. The molecule has 1 aromatic heterocycles. The number of rotatable bonds is 4. The van der Waals surface area contributed by atoms with Crippen LogP contribution in [0, 0.1) is 5.92 Å². The Bertz CT molecular complexity index is 606. The molecule has 2 amide bonds. The maximum absolute atomic E-state index is 12.5. The second-order valence-electron chi connectivity index (χ2n) is 7.65. The van der Waals surface area contributed by atoms with E-state index >= 15 is 0 Å². The van der Waals surface area contributed by atoms with E-state index in [1.165, 1.54) is 0 Å². The number of thiophene rings is 1. The van der Waals surface area contributed by atoms with Crippen LogP contribution in [0.25, 0.3) is 0 Å². The van der Waals surface area contributed by atoms with Gasteiger partial charge < -0.3 is 10.2 Å². The lowest BCUT2D eigenvalue weighted by molar-refractivity contribution is -0.127. The normalized spacial score (nSPS) is 25.8. The van der Waals surface area contributed by atoms with Crippen LogP contribution in [0.3, 0.4) is 0 Å². The van der Waals surface area contributed by atoms with Crippen molar-refractivity contribution in [1.82, 2.24) is 15.1 Å². The number of nitrogens with one attached hydrogen (secondary N) is 1. The molecule has 3 aliphatic rings. The van der Waals surface area contributed by atoms with Crippen molar-refractivity contribution in [2.24, 2.45) is 5.92 Å². The standard InChI is InChI=1S/C19H27N3O2S/c23-18(20-16-3-4-16)14-2-1-8-22(12-14)17-5-9-21(10-6-17)19(24)15-7-11-25-13-15/h7,11,13-14,16-17H,1-6,8-10,12H2,(H,20,23)/t14-/m1/s1. The molecule has 5 nitrogen and oxygen atoms in total. The largest absolute Gasteiger partial charge is 0.353 e. The minimum absolute atomic E-state index is 0.153. The minimum atomic E-state index is 0.153. The molecule has 0 radical (unpaired) electrons. The Morgan fingerprint density at radius 2 is 1.88 bits per heavy atom. The number of hydrogen-bond donors (Lipinski definition) is 1. The fourth-order valence-corrected chi connectivity index (χ4v) is 4.73. The number of carbonyl (C=O) groups is 2. The lowest BCUT2D eigenvalue weighted by Crippen LogP contribution is -2.51. The van der Waals surface area contributed by atoms with Crippen LogP contribution < -0.4 is 5.32 Å². The van der Waals surface area contributed by atoms with Gasteiger partial charge in [-0.1, -0.05) is 0 Å². The number of piperidine rings is 2. The topological polar surface area (TPSA) is 52.7 Å². The highest BCUT2D eigenvalue weighted by Crippen LogP contribution is 2.26. The van der Waals surface area contributed by atoms with Gasteiger partial charge in [-0.25, -0.2) is 0 Å². The molecule has 0 bridgehead atoms. The fraction of sp³-hybridized carbons (Fsp3) is 0.684. The molecule has 3 fully saturated rings. The first kappa shape index (κ1) is 17.0. The van der Waals surface area contributed by atoms with E-state index in [0.717, 1.165) is 70.3 Å². The number of amides is 2. The molecule has 1 N–H and O–H groups in total. The molecule has 1 saturated carbocycles. The average molecular weight is 362 g/mol. The van der Waals surface area contributed by atoms with E-state index in [9.17, 15) is 9.59 Å². The van der Waals surface area contributed by atoms with Gasteiger partial charge in [0, 0.05) is 37.1 Å². The van der Waals surface area contributed by atoms with E-state index in [1.807, 2.05) is 21.7 Å². The highest BCUT2D eigenvalue weighted by Gasteiger charge is 2.34. The summed E-state index contributed by atoms with van der Waals surface area (Å²) >= 11 is 1.57. The summed E-state index contributed by atoms with van der Waals surface area (Å²) in [4.78, 5) is 29.3. The van der Waals surface area contributed by atoms with Crippen molar-refractivity contribution in [1.29, 1.82) is 0 Å². The summed E-state index contributed by atoms with van der Waals surface area (Å²) in [6.07, 6.45) is 6.47. The van der Waals surface area contributed by atoms with E-state index in [-0.39, 0.29) is 17.7 Å². The minimum Gasteiger partial charge on any atom is -0.353 e. The number of nitrogens with zero attached hydrogens (tertiary/aromatic N) is 2. The van der Waals surface area contributed by atoms with Gasteiger partial charge >= 0.3 is 0 Å². The quantitative estimate of drug-likeness (QED) is 0.896. The molecule has 136 valence electrons. The number of carbonyl (C=O) groups excluding carboxylic acids is 2. The van der Waals surface area contributed by atoms with Crippen LogP contribution in [0.5, 0.6) is 0 Å². The first-order valence-electron chi connectivity index (χ1n) is 9.56. The van der Waals surface area contributed by atoms with Crippen molar-refractivity contribution in [2.75, 3.05) is 26.2 Å². The summed E-state index contributed by atoms with van der Waals surface area (Å²) in [7, 11) is 0.